The van der Waals surface area contributed by atoms with Crippen LogP contribution >= 0.6 is 15.9 Å². The van der Waals surface area contributed by atoms with Crippen molar-refractivity contribution < 1.29 is 4.39 Å². The molecule has 0 spiro atoms. The largest absolute Gasteiger partial charge is 0.369 e. The van der Waals surface area contributed by atoms with E-state index < -0.39 is 0 Å². The summed E-state index contributed by atoms with van der Waals surface area (Å²) in [6.45, 7) is 4.84. The maximum absolute atomic E-state index is 13.4. The van der Waals surface area contributed by atoms with E-state index in [9.17, 15) is 4.39 Å². The molecule has 1 aliphatic rings. The summed E-state index contributed by atoms with van der Waals surface area (Å²) < 4.78 is 14.2. The predicted molar refractivity (Wildman–Crippen MR) is 88.0 cm³/mol. The maximum atomic E-state index is 13.4. The zero-order valence-electron chi connectivity index (χ0n) is 11.8. The summed E-state index contributed by atoms with van der Waals surface area (Å²) >= 11 is 3.35. The number of hydrogen-bond donors (Lipinski definition) is 0. The van der Waals surface area contributed by atoms with Gasteiger partial charge in [-0.1, -0.05) is 34.1 Å². The highest BCUT2D eigenvalue weighted by Gasteiger charge is 2.17. The molecule has 3 rings (SSSR count). The molecule has 0 radical (unpaired) electrons. The van der Waals surface area contributed by atoms with E-state index in [1.165, 1.54) is 11.8 Å². The molecular formula is C17H18BrFN2. The molecule has 0 bridgehead atoms. The molecule has 2 nitrogen and oxygen atoms in total. The van der Waals surface area contributed by atoms with E-state index in [-0.39, 0.29) is 5.82 Å². The second-order valence-electron chi connectivity index (χ2n) is 5.38. The fourth-order valence-corrected chi connectivity index (χ4v) is 3.28. The summed E-state index contributed by atoms with van der Waals surface area (Å²) in [7, 11) is 0. The monoisotopic (exact) mass is 348 g/mol. The number of hydrogen-bond acceptors (Lipinski definition) is 2. The summed E-state index contributed by atoms with van der Waals surface area (Å²) in [4.78, 5) is 4.78. The molecule has 0 aliphatic carbocycles. The van der Waals surface area contributed by atoms with E-state index in [2.05, 4.69) is 50.0 Å². The molecular weight excluding hydrogens is 331 g/mol. The lowest BCUT2D eigenvalue weighted by Gasteiger charge is -2.36. The first-order valence-electron chi connectivity index (χ1n) is 7.18. The Bertz CT molecular complexity index is 575. The average Bonchev–Trinajstić information content (AvgIpc) is 2.48. The molecule has 0 unspecified atom stereocenters. The van der Waals surface area contributed by atoms with Gasteiger partial charge in [0, 0.05) is 42.9 Å². The lowest BCUT2D eigenvalue weighted by molar-refractivity contribution is 0.249. The van der Waals surface area contributed by atoms with Crippen molar-refractivity contribution in [1.82, 2.24) is 4.90 Å². The van der Waals surface area contributed by atoms with Gasteiger partial charge in [-0.3, -0.25) is 4.90 Å². The molecule has 1 aliphatic heterocycles. The third kappa shape index (κ3) is 3.83. The molecule has 1 fully saturated rings. The van der Waals surface area contributed by atoms with Crippen LogP contribution < -0.4 is 4.90 Å². The van der Waals surface area contributed by atoms with E-state index in [0.717, 1.165) is 42.8 Å². The van der Waals surface area contributed by atoms with Gasteiger partial charge in [0.05, 0.1) is 0 Å². The van der Waals surface area contributed by atoms with Crippen LogP contribution in [0.15, 0.2) is 53.0 Å². The molecule has 0 saturated carbocycles. The average molecular weight is 349 g/mol. The number of benzene rings is 2. The number of para-hydroxylation sites is 1. The number of rotatable bonds is 3. The SMILES string of the molecule is Fc1cc(Br)cc(CN2CCN(c3ccccc3)CC2)c1. The Morgan fingerprint density at radius 2 is 1.67 bits per heavy atom. The quantitative estimate of drug-likeness (QED) is 0.829. The summed E-state index contributed by atoms with van der Waals surface area (Å²) in [6, 6.07) is 15.6. The molecule has 2 aromatic carbocycles. The summed E-state index contributed by atoms with van der Waals surface area (Å²) in [5.41, 5.74) is 2.31. The van der Waals surface area contributed by atoms with Gasteiger partial charge in [0.15, 0.2) is 0 Å². The lowest BCUT2D eigenvalue weighted by atomic mass is 10.2. The number of anilines is 1. The van der Waals surface area contributed by atoms with Crippen LogP contribution in [0.4, 0.5) is 10.1 Å². The van der Waals surface area contributed by atoms with Gasteiger partial charge in [-0.25, -0.2) is 4.39 Å². The van der Waals surface area contributed by atoms with Crippen LogP contribution in [-0.2, 0) is 6.54 Å². The third-order valence-electron chi connectivity index (χ3n) is 3.82. The molecule has 21 heavy (non-hydrogen) atoms. The Morgan fingerprint density at radius 3 is 2.33 bits per heavy atom. The minimum Gasteiger partial charge on any atom is -0.369 e. The molecule has 0 atom stereocenters. The van der Waals surface area contributed by atoms with Crippen molar-refractivity contribution in [3.63, 3.8) is 0 Å². The predicted octanol–water partition coefficient (Wildman–Crippen LogP) is 3.91. The van der Waals surface area contributed by atoms with Crippen LogP contribution in [-0.4, -0.2) is 31.1 Å². The Morgan fingerprint density at radius 1 is 0.952 bits per heavy atom. The maximum Gasteiger partial charge on any atom is 0.124 e. The first-order chi connectivity index (χ1) is 10.2. The smallest absolute Gasteiger partial charge is 0.124 e. The second kappa shape index (κ2) is 6.58. The number of halogens is 2. The molecule has 2 aromatic rings. The van der Waals surface area contributed by atoms with Gasteiger partial charge in [0.2, 0.25) is 0 Å². The van der Waals surface area contributed by atoms with Crippen molar-refractivity contribution in [2.45, 2.75) is 6.54 Å². The highest BCUT2D eigenvalue weighted by Crippen LogP contribution is 2.19. The van der Waals surface area contributed by atoms with Crippen LogP contribution in [0.1, 0.15) is 5.56 Å². The minimum absolute atomic E-state index is 0.178. The van der Waals surface area contributed by atoms with Crippen molar-refractivity contribution in [1.29, 1.82) is 0 Å². The molecule has 0 N–H and O–H groups in total. The molecule has 0 amide bonds. The highest BCUT2D eigenvalue weighted by molar-refractivity contribution is 9.10. The third-order valence-corrected chi connectivity index (χ3v) is 4.28. The van der Waals surface area contributed by atoms with Crippen LogP contribution in [0.25, 0.3) is 0 Å². The van der Waals surface area contributed by atoms with Gasteiger partial charge in [-0.05, 0) is 35.9 Å². The van der Waals surface area contributed by atoms with Crippen molar-refractivity contribution in [3.05, 3.63) is 64.4 Å². The first kappa shape index (κ1) is 14.5. The Labute approximate surface area is 133 Å². The van der Waals surface area contributed by atoms with E-state index >= 15 is 0 Å². The van der Waals surface area contributed by atoms with Gasteiger partial charge in [0.25, 0.3) is 0 Å². The molecule has 110 valence electrons. The van der Waals surface area contributed by atoms with Crippen LogP contribution in [0.3, 0.4) is 0 Å². The van der Waals surface area contributed by atoms with Gasteiger partial charge < -0.3 is 4.90 Å². The van der Waals surface area contributed by atoms with Gasteiger partial charge >= 0.3 is 0 Å². The van der Waals surface area contributed by atoms with Crippen molar-refractivity contribution in [2.75, 3.05) is 31.1 Å². The first-order valence-corrected chi connectivity index (χ1v) is 7.97. The topological polar surface area (TPSA) is 6.48 Å². The Kier molecular flexibility index (Phi) is 4.56. The normalized spacial score (nSPS) is 16.2. The number of piperazine rings is 1. The standard InChI is InChI=1S/C17H18BrFN2/c18-15-10-14(11-16(19)12-15)13-20-6-8-21(9-7-20)17-4-2-1-3-5-17/h1-5,10-12H,6-9,13H2. The summed E-state index contributed by atoms with van der Waals surface area (Å²) in [6.07, 6.45) is 0. The van der Waals surface area contributed by atoms with Gasteiger partial charge in [-0.15, -0.1) is 0 Å². The Balaban J connectivity index is 1.58. The summed E-state index contributed by atoms with van der Waals surface area (Å²) in [5, 5.41) is 0. The molecule has 0 aromatic heterocycles. The highest BCUT2D eigenvalue weighted by atomic mass is 79.9. The zero-order chi connectivity index (χ0) is 14.7. The fourth-order valence-electron chi connectivity index (χ4n) is 2.76. The van der Waals surface area contributed by atoms with E-state index in [4.69, 9.17) is 0 Å². The van der Waals surface area contributed by atoms with Crippen molar-refractivity contribution in [2.24, 2.45) is 0 Å². The van der Waals surface area contributed by atoms with Crippen LogP contribution in [0.5, 0.6) is 0 Å². The van der Waals surface area contributed by atoms with E-state index in [1.807, 2.05) is 12.1 Å². The Hall–Kier alpha value is -1.39. The van der Waals surface area contributed by atoms with Crippen molar-refractivity contribution in [3.8, 4) is 0 Å². The molecule has 1 heterocycles. The fraction of sp³-hybridized carbons (Fsp3) is 0.294. The molecule has 1 saturated heterocycles. The molecule has 4 heteroatoms. The summed E-state index contributed by atoms with van der Waals surface area (Å²) in [5.74, 6) is -0.178. The van der Waals surface area contributed by atoms with Gasteiger partial charge in [-0.2, -0.15) is 0 Å². The minimum atomic E-state index is -0.178. The number of nitrogens with zero attached hydrogens (tertiary/aromatic N) is 2. The lowest BCUT2D eigenvalue weighted by Crippen LogP contribution is -2.45. The van der Waals surface area contributed by atoms with Crippen LogP contribution in [0, 0.1) is 5.82 Å². The van der Waals surface area contributed by atoms with Gasteiger partial charge in [0.1, 0.15) is 5.82 Å². The van der Waals surface area contributed by atoms with Crippen molar-refractivity contribution >= 4 is 21.6 Å². The zero-order valence-corrected chi connectivity index (χ0v) is 13.4. The van der Waals surface area contributed by atoms with Crippen LogP contribution in [0.2, 0.25) is 0 Å². The van der Waals surface area contributed by atoms with E-state index in [1.54, 1.807) is 6.07 Å². The van der Waals surface area contributed by atoms with E-state index in [0.29, 0.717) is 0 Å². The second-order valence-corrected chi connectivity index (χ2v) is 6.29.